The van der Waals surface area contributed by atoms with E-state index >= 15 is 0 Å². The summed E-state index contributed by atoms with van der Waals surface area (Å²) in [6, 6.07) is 0.0732. The zero-order valence-corrected chi connectivity index (χ0v) is 14.0. The van der Waals surface area contributed by atoms with Crippen LogP contribution in [0.15, 0.2) is 0 Å². The molecule has 0 saturated carbocycles. The summed E-state index contributed by atoms with van der Waals surface area (Å²) < 4.78 is 0. The van der Waals surface area contributed by atoms with Crippen LogP contribution in [-0.4, -0.2) is 41.1 Å². The minimum atomic E-state index is -0.790. The van der Waals surface area contributed by atoms with Gasteiger partial charge in [-0.15, -0.1) is 0 Å². The van der Waals surface area contributed by atoms with Crippen molar-refractivity contribution in [3.05, 3.63) is 0 Å². The molecule has 2 amide bonds. The molecule has 3 atom stereocenters. The maximum atomic E-state index is 12.3. The Morgan fingerprint density at radius 2 is 2.00 bits per heavy atom. The van der Waals surface area contributed by atoms with Crippen LogP contribution in [0.2, 0.25) is 0 Å². The molecule has 5 nitrogen and oxygen atoms in total. The molecule has 1 aliphatic heterocycles. The van der Waals surface area contributed by atoms with Gasteiger partial charge in [0.15, 0.2) is 0 Å². The molecule has 1 rings (SSSR count). The van der Waals surface area contributed by atoms with E-state index in [-0.39, 0.29) is 18.0 Å². The van der Waals surface area contributed by atoms with Crippen molar-refractivity contribution in [2.45, 2.75) is 59.9 Å². The Hall–Kier alpha value is -1.26. The Bertz CT molecular complexity index is 382. The second-order valence-electron chi connectivity index (χ2n) is 6.94. The summed E-state index contributed by atoms with van der Waals surface area (Å²) >= 11 is 0. The van der Waals surface area contributed by atoms with Crippen LogP contribution >= 0.6 is 0 Å². The highest BCUT2D eigenvalue weighted by molar-refractivity contribution is 5.76. The van der Waals surface area contributed by atoms with E-state index in [4.69, 9.17) is 0 Å². The molecule has 0 radical (unpaired) electrons. The standard InChI is InChI=1S/C16H30N2O3/c1-6-11(2)12(3)17-15(21)18-9-7-8-13(10-18)16(4,5)14(19)20/h11-13H,6-10H2,1-5H3,(H,17,21)(H,19,20). The molecule has 0 bridgehead atoms. The number of nitrogens with one attached hydrogen (secondary N) is 1. The van der Waals surface area contributed by atoms with Crippen molar-refractivity contribution < 1.29 is 14.7 Å². The highest BCUT2D eigenvalue weighted by Gasteiger charge is 2.40. The molecule has 2 N–H and O–H groups in total. The van der Waals surface area contributed by atoms with Gasteiger partial charge in [0.2, 0.25) is 0 Å². The first-order valence-electron chi connectivity index (χ1n) is 7.99. The molecule has 1 aliphatic rings. The van der Waals surface area contributed by atoms with E-state index in [0.717, 1.165) is 19.3 Å². The number of carbonyl (C=O) groups excluding carboxylic acids is 1. The third kappa shape index (κ3) is 4.35. The molecule has 0 aromatic carbocycles. The van der Waals surface area contributed by atoms with Gasteiger partial charge in [0, 0.05) is 19.1 Å². The first kappa shape index (κ1) is 17.8. The maximum absolute atomic E-state index is 12.3. The van der Waals surface area contributed by atoms with Crippen LogP contribution in [0.3, 0.4) is 0 Å². The van der Waals surface area contributed by atoms with Gasteiger partial charge < -0.3 is 15.3 Å². The monoisotopic (exact) mass is 298 g/mol. The highest BCUT2D eigenvalue weighted by atomic mass is 16.4. The summed E-state index contributed by atoms with van der Waals surface area (Å²) in [5.74, 6) is -0.346. The summed E-state index contributed by atoms with van der Waals surface area (Å²) in [6.45, 7) is 11.0. The molecule has 1 fully saturated rings. The summed E-state index contributed by atoms with van der Waals surface area (Å²) in [6.07, 6.45) is 2.76. The molecular formula is C16H30N2O3. The molecule has 1 heterocycles. The summed E-state index contributed by atoms with van der Waals surface area (Å²) in [7, 11) is 0. The summed E-state index contributed by atoms with van der Waals surface area (Å²) in [4.78, 5) is 25.5. The molecule has 0 aliphatic carbocycles. The fraction of sp³-hybridized carbons (Fsp3) is 0.875. The molecule has 0 aromatic heterocycles. The number of amides is 2. The quantitative estimate of drug-likeness (QED) is 0.820. The van der Waals surface area contributed by atoms with Crippen molar-refractivity contribution in [3.8, 4) is 0 Å². The van der Waals surface area contributed by atoms with Gasteiger partial charge in [-0.1, -0.05) is 20.3 Å². The minimum absolute atomic E-state index is 0.00778. The summed E-state index contributed by atoms with van der Waals surface area (Å²) in [5.41, 5.74) is -0.790. The van der Waals surface area contributed by atoms with Gasteiger partial charge in [-0.2, -0.15) is 0 Å². The van der Waals surface area contributed by atoms with Crippen LogP contribution in [0.25, 0.3) is 0 Å². The smallest absolute Gasteiger partial charge is 0.317 e. The van der Waals surface area contributed by atoms with Gasteiger partial charge >= 0.3 is 12.0 Å². The van der Waals surface area contributed by atoms with Gasteiger partial charge in [0.1, 0.15) is 0 Å². The SMILES string of the molecule is CCC(C)C(C)NC(=O)N1CCCC(C(C)(C)C(=O)O)C1. The Morgan fingerprint density at radius 3 is 2.52 bits per heavy atom. The number of piperidine rings is 1. The second-order valence-corrected chi connectivity index (χ2v) is 6.94. The van der Waals surface area contributed by atoms with Crippen LogP contribution < -0.4 is 5.32 Å². The van der Waals surface area contributed by atoms with E-state index in [1.54, 1.807) is 18.7 Å². The normalized spacial score (nSPS) is 22.5. The van der Waals surface area contributed by atoms with Crippen molar-refractivity contribution in [3.63, 3.8) is 0 Å². The van der Waals surface area contributed by atoms with Gasteiger partial charge in [0.25, 0.3) is 0 Å². The molecule has 3 unspecified atom stereocenters. The van der Waals surface area contributed by atoms with E-state index in [1.165, 1.54) is 0 Å². The lowest BCUT2D eigenvalue weighted by Crippen LogP contribution is -2.52. The summed E-state index contributed by atoms with van der Waals surface area (Å²) in [5, 5.41) is 12.4. The Labute approximate surface area is 128 Å². The van der Waals surface area contributed by atoms with Gasteiger partial charge in [0.05, 0.1) is 5.41 Å². The molecule has 122 valence electrons. The first-order chi connectivity index (χ1) is 9.70. The molecule has 21 heavy (non-hydrogen) atoms. The zero-order chi connectivity index (χ0) is 16.2. The lowest BCUT2D eigenvalue weighted by Gasteiger charge is -2.39. The molecule has 0 aromatic rings. The van der Waals surface area contributed by atoms with Gasteiger partial charge in [-0.25, -0.2) is 4.79 Å². The van der Waals surface area contributed by atoms with E-state index < -0.39 is 11.4 Å². The van der Waals surface area contributed by atoms with Gasteiger partial charge in [-0.3, -0.25) is 4.79 Å². The lowest BCUT2D eigenvalue weighted by atomic mass is 9.74. The Morgan fingerprint density at radius 1 is 1.38 bits per heavy atom. The van der Waals surface area contributed by atoms with Crippen LogP contribution in [0.1, 0.15) is 53.9 Å². The van der Waals surface area contributed by atoms with E-state index in [9.17, 15) is 14.7 Å². The molecule has 5 heteroatoms. The predicted octanol–water partition coefficient (Wildman–Crippen LogP) is 2.95. The van der Waals surface area contributed by atoms with Crippen molar-refractivity contribution in [1.29, 1.82) is 0 Å². The number of hydrogen-bond acceptors (Lipinski definition) is 2. The fourth-order valence-electron chi connectivity index (χ4n) is 2.71. The molecule has 0 spiro atoms. The number of nitrogens with zero attached hydrogens (tertiary/aromatic N) is 1. The van der Waals surface area contributed by atoms with Gasteiger partial charge in [-0.05, 0) is 45.4 Å². The average molecular weight is 298 g/mol. The Balaban J connectivity index is 2.64. The lowest BCUT2D eigenvalue weighted by molar-refractivity contribution is -0.151. The van der Waals surface area contributed by atoms with E-state index in [0.29, 0.717) is 19.0 Å². The molecular weight excluding hydrogens is 268 g/mol. The second kappa shape index (κ2) is 7.14. The number of carboxylic acid groups (broad SMARTS) is 1. The number of carbonyl (C=O) groups is 2. The largest absolute Gasteiger partial charge is 0.481 e. The van der Waals surface area contributed by atoms with Crippen molar-refractivity contribution in [2.24, 2.45) is 17.3 Å². The number of aliphatic carboxylic acids is 1. The number of hydrogen-bond donors (Lipinski definition) is 2. The third-order valence-corrected chi connectivity index (χ3v) is 5.13. The first-order valence-corrected chi connectivity index (χ1v) is 7.99. The predicted molar refractivity (Wildman–Crippen MR) is 83.2 cm³/mol. The number of rotatable bonds is 5. The third-order valence-electron chi connectivity index (χ3n) is 5.13. The van der Waals surface area contributed by atoms with Crippen molar-refractivity contribution >= 4 is 12.0 Å². The van der Waals surface area contributed by atoms with Crippen LogP contribution in [0.4, 0.5) is 4.79 Å². The van der Waals surface area contributed by atoms with E-state index in [1.807, 2.05) is 6.92 Å². The van der Waals surface area contributed by atoms with Crippen LogP contribution in [-0.2, 0) is 4.79 Å². The maximum Gasteiger partial charge on any atom is 0.317 e. The van der Waals surface area contributed by atoms with Crippen molar-refractivity contribution in [1.82, 2.24) is 10.2 Å². The van der Waals surface area contributed by atoms with Crippen molar-refractivity contribution in [2.75, 3.05) is 13.1 Å². The fourth-order valence-corrected chi connectivity index (χ4v) is 2.71. The average Bonchev–Trinajstić information content (AvgIpc) is 2.46. The highest BCUT2D eigenvalue weighted by Crippen LogP contribution is 2.34. The minimum Gasteiger partial charge on any atom is -0.481 e. The van der Waals surface area contributed by atoms with E-state index in [2.05, 4.69) is 19.2 Å². The topological polar surface area (TPSA) is 69.6 Å². The van der Waals surface area contributed by atoms with Crippen LogP contribution in [0.5, 0.6) is 0 Å². The number of likely N-dealkylation sites (tertiary alicyclic amines) is 1. The number of carboxylic acids is 1. The zero-order valence-electron chi connectivity index (χ0n) is 14.0. The van der Waals surface area contributed by atoms with Crippen LogP contribution in [0, 0.1) is 17.3 Å². The molecule has 1 saturated heterocycles. The Kier molecular flexibility index (Phi) is 6.05. The number of urea groups is 1.